The maximum absolute atomic E-state index is 5.94. The van der Waals surface area contributed by atoms with Crippen LogP contribution in [-0.2, 0) is 5.88 Å². The molecule has 2 aromatic carbocycles. The van der Waals surface area contributed by atoms with Gasteiger partial charge in [-0.3, -0.25) is 0 Å². The molecule has 0 atom stereocenters. The molecule has 0 fully saturated rings. The van der Waals surface area contributed by atoms with Crippen LogP contribution in [0.4, 0.5) is 11.4 Å². The van der Waals surface area contributed by atoms with Gasteiger partial charge in [0.05, 0.1) is 0 Å². The normalized spacial score (nSPS) is 10.1. The van der Waals surface area contributed by atoms with Crippen LogP contribution in [0, 0.1) is 0 Å². The molecule has 0 aliphatic rings. The van der Waals surface area contributed by atoms with Crippen LogP contribution >= 0.6 is 11.6 Å². The fraction of sp³-hybridized carbons (Fsp3) is 0.143. The molecule has 0 spiro atoms. The summed E-state index contributed by atoms with van der Waals surface area (Å²) in [7, 11) is 2.06. The average Bonchev–Trinajstić information content (AvgIpc) is 2.39. The smallest absolute Gasteiger partial charge is 0.0494 e. The van der Waals surface area contributed by atoms with Crippen LogP contribution in [0.15, 0.2) is 54.6 Å². The van der Waals surface area contributed by atoms with E-state index in [-0.39, 0.29) is 0 Å². The number of rotatable bonds is 3. The van der Waals surface area contributed by atoms with Crippen molar-refractivity contribution in [1.82, 2.24) is 0 Å². The average molecular weight is 232 g/mol. The number of hydrogen-bond acceptors (Lipinski definition) is 1. The Morgan fingerprint density at radius 2 is 1.56 bits per heavy atom. The van der Waals surface area contributed by atoms with E-state index in [2.05, 4.69) is 36.2 Å². The molecule has 0 saturated carbocycles. The summed E-state index contributed by atoms with van der Waals surface area (Å²) in [5, 5.41) is 0. The minimum atomic E-state index is 0.535. The van der Waals surface area contributed by atoms with Crippen molar-refractivity contribution in [3.8, 4) is 0 Å². The van der Waals surface area contributed by atoms with Gasteiger partial charge >= 0.3 is 0 Å². The van der Waals surface area contributed by atoms with Crippen LogP contribution in [0.1, 0.15) is 5.56 Å². The maximum atomic E-state index is 5.94. The van der Waals surface area contributed by atoms with Crippen molar-refractivity contribution >= 4 is 23.0 Å². The predicted octanol–water partition coefficient (Wildman–Crippen LogP) is 4.19. The van der Waals surface area contributed by atoms with Gasteiger partial charge in [-0.2, -0.15) is 0 Å². The minimum absolute atomic E-state index is 0.535. The van der Waals surface area contributed by atoms with Gasteiger partial charge in [0.15, 0.2) is 0 Å². The highest BCUT2D eigenvalue weighted by Crippen LogP contribution is 2.27. The van der Waals surface area contributed by atoms with Crippen molar-refractivity contribution < 1.29 is 0 Å². The molecule has 2 aromatic rings. The fourth-order valence-corrected chi connectivity index (χ4v) is 1.97. The first kappa shape index (κ1) is 11.0. The third-order valence-corrected chi connectivity index (χ3v) is 2.93. The topological polar surface area (TPSA) is 3.24 Å². The Morgan fingerprint density at radius 1 is 0.938 bits per heavy atom. The number of para-hydroxylation sites is 2. The van der Waals surface area contributed by atoms with Gasteiger partial charge in [0.2, 0.25) is 0 Å². The molecular formula is C14H14ClN. The number of nitrogens with zero attached hydrogens (tertiary/aromatic N) is 1. The Balaban J connectivity index is 2.37. The summed E-state index contributed by atoms with van der Waals surface area (Å²) in [4.78, 5) is 2.15. The van der Waals surface area contributed by atoms with Gasteiger partial charge in [-0.15, -0.1) is 11.6 Å². The van der Waals surface area contributed by atoms with E-state index in [0.29, 0.717) is 5.88 Å². The molecule has 0 aliphatic heterocycles. The molecule has 0 aliphatic carbocycles. The molecule has 0 unspecified atom stereocenters. The second-order valence-electron chi connectivity index (χ2n) is 3.66. The van der Waals surface area contributed by atoms with Gasteiger partial charge in [-0.25, -0.2) is 0 Å². The summed E-state index contributed by atoms with van der Waals surface area (Å²) < 4.78 is 0. The van der Waals surface area contributed by atoms with Crippen molar-refractivity contribution in [3.05, 3.63) is 60.2 Å². The molecule has 0 heterocycles. The first-order valence-corrected chi connectivity index (χ1v) is 5.79. The highest BCUT2D eigenvalue weighted by molar-refractivity contribution is 6.17. The van der Waals surface area contributed by atoms with Crippen LogP contribution in [-0.4, -0.2) is 7.05 Å². The zero-order chi connectivity index (χ0) is 11.4. The summed E-state index contributed by atoms with van der Waals surface area (Å²) in [6.45, 7) is 0. The fourth-order valence-electron chi connectivity index (χ4n) is 1.74. The van der Waals surface area contributed by atoms with Crippen molar-refractivity contribution in [2.75, 3.05) is 11.9 Å². The van der Waals surface area contributed by atoms with E-state index in [9.17, 15) is 0 Å². The molecular weight excluding hydrogens is 218 g/mol. The van der Waals surface area contributed by atoms with E-state index in [1.54, 1.807) is 0 Å². The molecule has 0 N–H and O–H groups in total. The van der Waals surface area contributed by atoms with Crippen molar-refractivity contribution in [2.24, 2.45) is 0 Å². The lowest BCUT2D eigenvalue weighted by atomic mass is 10.1. The third-order valence-electron chi connectivity index (χ3n) is 2.64. The summed E-state index contributed by atoms with van der Waals surface area (Å²) in [6.07, 6.45) is 0. The molecule has 0 bridgehead atoms. The number of halogens is 1. The second kappa shape index (κ2) is 5.04. The second-order valence-corrected chi connectivity index (χ2v) is 3.92. The maximum Gasteiger partial charge on any atom is 0.0494 e. The molecule has 16 heavy (non-hydrogen) atoms. The molecule has 1 nitrogen and oxygen atoms in total. The van der Waals surface area contributed by atoms with Crippen LogP contribution in [0.5, 0.6) is 0 Å². The predicted molar refractivity (Wildman–Crippen MR) is 70.5 cm³/mol. The number of anilines is 2. The SMILES string of the molecule is CN(c1ccccc1)c1ccccc1CCl. The number of alkyl halides is 1. The first-order chi connectivity index (χ1) is 7.83. The Labute approximate surface area is 101 Å². The lowest BCUT2D eigenvalue weighted by Gasteiger charge is -2.21. The van der Waals surface area contributed by atoms with E-state index in [1.807, 2.05) is 30.3 Å². The molecule has 2 rings (SSSR count). The molecule has 0 aromatic heterocycles. The zero-order valence-corrected chi connectivity index (χ0v) is 9.98. The lowest BCUT2D eigenvalue weighted by molar-refractivity contribution is 1.18. The largest absolute Gasteiger partial charge is 0.344 e. The van der Waals surface area contributed by atoms with Crippen LogP contribution in [0.2, 0.25) is 0 Å². The Bertz CT molecular complexity index is 453. The van der Waals surface area contributed by atoms with Crippen LogP contribution < -0.4 is 4.90 Å². The van der Waals surface area contributed by atoms with Gasteiger partial charge < -0.3 is 4.90 Å². The van der Waals surface area contributed by atoms with E-state index >= 15 is 0 Å². The van der Waals surface area contributed by atoms with Gasteiger partial charge in [-0.05, 0) is 23.8 Å². The Morgan fingerprint density at radius 3 is 2.25 bits per heavy atom. The summed E-state index contributed by atoms with van der Waals surface area (Å²) in [5.41, 5.74) is 3.47. The van der Waals surface area contributed by atoms with Crippen LogP contribution in [0.3, 0.4) is 0 Å². The Kier molecular flexibility index (Phi) is 3.47. The van der Waals surface area contributed by atoms with E-state index in [0.717, 1.165) is 11.3 Å². The minimum Gasteiger partial charge on any atom is -0.344 e. The lowest BCUT2D eigenvalue weighted by Crippen LogP contribution is -2.10. The van der Waals surface area contributed by atoms with E-state index in [1.165, 1.54) is 5.69 Å². The van der Waals surface area contributed by atoms with Crippen molar-refractivity contribution in [3.63, 3.8) is 0 Å². The molecule has 0 amide bonds. The van der Waals surface area contributed by atoms with E-state index in [4.69, 9.17) is 11.6 Å². The highest BCUT2D eigenvalue weighted by Gasteiger charge is 2.06. The summed E-state index contributed by atoms with van der Waals surface area (Å²) in [6, 6.07) is 18.5. The van der Waals surface area contributed by atoms with E-state index < -0.39 is 0 Å². The standard InChI is InChI=1S/C14H14ClN/c1-16(13-8-3-2-4-9-13)14-10-6-5-7-12(14)11-15/h2-10H,11H2,1H3. The first-order valence-electron chi connectivity index (χ1n) is 5.25. The zero-order valence-electron chi connectivity index (χ0n) is 9.23. The Hall–Kier alpha value is -1.47. The monoisotopic (exact) mass is 231 g/mol. The highest BCUT2D eigenvalue weighted by atomic mass is 35.5. The summed E-state index contributed by atoms with van der Waals surface area (Å²) >= 11 is 5.94. The van der Waals surface area contributed by atoms with Gasteiger partial charge in [0, 0.05) is 24.3 Å². The molecule has 82 valence electrons. The molecule has 0 radical (unpaired) electrons. The summed E-state index contributed by atoms with van der Waals surface area (Å²) in [5.74, 6) is 0.535. The van der Waals surface area contributed by atoms with Crippen molar-refractivity contribution in [1.29, 1.82) is 0 Å². The number of benzene rings is 2. The molecule has 2 heteroatoms. The van der Waals surface area contributed by atoms with Gasteiger partial charge in [0.25, 0.3) is 0 Å². The van der Waals surface area contributed by atoms with Gasteiger partial charge in [-0.1, -0.05) is 36.4 Å². The quantitative estimate of drug-likeness (QED) is 0.716. The van der Waals surface area contributed by atoms with Crippen molar-refractivity contribution in [2.45, 2.75) is 5.88 Å². The van der Waals surface area contributed by atoms with Gasteiger partial charge in [0.1, 0.15) is 0 Å². The number of hydrogen-bond donors (Lipinski definition) is 0. The molecule has 0 saturated heterocycles. The third kappa shape index (κ3) is 2.20. The van der Waals surface area contributed by atoms with Crippen LogP contribution in [0.25, 0.3) is 0 Å².